The molecule has 1 fully saturated rings. The number of aliphatic imine (C=N–C) groups is 1. The molecule has 1 aliphatic carbocycles. The van der Waals surface area contributed by atoms with Crippen molar-refractivity contribution in [3.63, 3.8) is 0 Å². The first-order valence-electron chi connectivity index (χ1n) is 10.2. The Morgan fingerprint density at radius 2 is 1.87 bits per heavy atom. The third-order valence-electron chi connectivity index (χ3n) is 5.72. The van der Waals surface area contributed by atoms with Gasteiger partial charge in [-0.15, -0.1) is 35.3 Å². The van der Waals surface area contributed by atoms with Crippen molar-refractivity contribution in [1.82, 2.24) is 15.6 Å². The Bertz CT molecular complexity index is 834. The van der Waals surface area contributed by atoms with Crippen LogP contribution < -0.4 is 20.1 Å². The molecular formula is C22H33IN4O2S. The average molecular weight is 545 g/mol. The Hall–Kier alpha value is -1.55. The van der Waals surface area contributed by atoms with Crippen LogP contribution in [0.1, 0.15) is 47.6 Å². The van der Waals surface area contributed by atoms with Crippen molar-refractivity contribution in [3.8, 4) is 11.5 Å². The standard InChI is InChI=1S/C22H32N4O2S.HI/c1-16-24-13-18(29-16)14-25-21(23-2)26-15-22(10-6-5-7-11-22)17-8-9-19(27-3)20(12-17)28-4;/h8-9,12-13H,5-7,10-11,14-15H2,1-4H3,(H2,23,25,26);1H. The molecule has 1 aliphatic rings. The summed E-state index contributed by atoms with van der Waals surface area (Å²) in [5.74, 6) is 2.38. The Morgan fingerprint density at radius 3 is 2.47 bits per heavy atom. The highest BCUT2D eigenvalue weighted by Crippen LogP contribution is 2.42. The predicted molar refractivity (Wildman–Crippen MR) is 135 cm³/mol. The zero-order valence-corrected chi connectivity index (χ0v) is 21.4. The van der Waals surface area contributed by atoms with Crippen LogP contribution in [0.15, 0.2) is 29.4 Å². The van der Waals surface area contributed by atoms with E-state index in [9.17, 15) is 0 Å². The first-order valence-corrected chi connectivity index (χ1v) is 11.0. The van der Waals surface area contributed by atoms with Crippen LogP contribution in [0.3, 0.4) is 0 Å². The van der Waals surface area contributed by atoms with Crippen LogP contribution in [-0.4, -0.2) is 38.8 Å². The summed E-state index contributed by atoms with van der Waals surface area (Å²) in [5.41, 5.74) is 1.37. The van der Waals surface area contributed by atoms with Gasteiger partial charge in [0.15, 0.2) is 17.5 Å². The Balaban J connectivity index is 0.00000320. The molecule has 1 aromatic carbocycles. The molecule has 0 aliphatic heterocycles. The molecule has 0 radical (unpaired) electrons. The van der Waals surface area contributed by atoms with Crippen LogP contribution in [0, 0.1) is 6.92 Å². The molecule has 0 spiro atoms. The van der Waals surface area contributed by atoms with Crippen LogP contribution in [0.4, 0.5) is 0 Å². The highest BCUT2D eigenvalue weighted by molar-refractivity contribution is 14.0. The molecule has 1 saturated carbocycles. The molecule has 3 rings (SSSR count). The van der Waals surface area contributed by atoms with Gasteiger partial charge in [-0.3, -0.25) is 4.99 Å². The lowest BCUT2D eigenvalue weighted by atomic mass is 9.69. The fourth-order valence-electron chi connectivity index (χ4n) is 4.09. The Labute approximate surface area is 200 Å². The molecule has 0 bridgehead atoms. The number of hydrogen-bond acceptors (Lipinski definition) is 5. The number of aromatic nitrogens is 1. The van der Waals surface area contributed by atoms with E-state index in [-0.39, 0.29) is 29.4 Å². The monoisotopic (exact) mass is 544 g/mol. The van der Waals surface area contributed by atoms with E-state index in [2.05, 4.69) is 32.7 Å². The minimum absolute atomic E-state index is 0. The fraction of sp³-hybridized carbons (Fsp3) is 0.545. The third kappa shape index (κ3) is 6.00. The van der Waals surface area contributed by atoms with Crippen molar-refractivity contribution >= 4 is 41.3 Å². The first-order chi connectivity index (χ1) is 14.1. The predicted octanol–water partition coefficient (Wildman–Crippen LogP) is 4.65. The number of methoxy groups -OCH3 is 2. The zero-order valence-electron chi connectivity index (χ0n) is 18.3. The van der Waals surface area contributed by atoms with Gasteiger partial charge in [-0.1, -0.05) is 25.3 Å². The lowest BCUT2D eigenvalue weighted by Gasteiger charge is -2.38. The van der Waals surface area contributed by atoms with Gasteiger partial charge >= 0.3 is 0 Å². The van der Waals surface area contributed by atoms with Crippen molar-refractivity contribution < 1.29 is 9.47 Å². The van der Waals surface area contributed by atoms with Gasteiger partial charge < -0.3 is 20.1 Å². The van der Waals surface area contributed by atoms with E-state index >= 15 is 0 Å². The smallest absolute Gasteiger partial charge is 0.191 e. The lowest BCUT2D eigenvalue weighted by Crippen LogP contribution is -2.46. The minimum Gasteiger partial charge on any atom is -0.493 e. The summed E-state index contributed by atoms with van der Waals surface area (Å²) in [5, 5.41) is 8.07. The molecule has 8 heteroatoms. The maximum Gasteiger partial charge on any atom is 0.191 e. The van der Waals surface area contributed by atoms with E-state index in [0.29, 0.717) is 0 Å². The van der Waals surface area contributed by atoms with Gasteiger partial charge in [0.2, 0.25) is 0 Å². The van der Waals surface area contributed by atoms with Crippen LogP contribution in [0.2, 0.25) is 0 Å². The quantitative estimate of drug-likeness (QED) is 0.302. The number of hydrogen-bond donors (Lipinski definition) is 2. The molecule has 0 amide bonds. The summed E-state index contributed by atoms with van der Waals surface area (Å²) >= 11 is 1.71. The highest BCUT2D eigenvalue weighted by atomic mass is 127. The van der Waals surface area contributed by atoms with Gasteiger partial charge in [-0.25, -0.2) is 4.98 Å². The molecule has 0 saturated heterocycles. The molecule has 2 N–H and O–H groups in total. The number of rotatable bonds is 7. The number of thiazole rings is 1. The van der Waals surface area contributed by atoms with E-state index < -0.39 is 0 Å². The molecule has 166 valence electrons. The second-order valence-electron chi connectivity index (χ2n) is 7.54. The number of ether oxygens (including phenoxy) is 2. The second kappa shape index (κ2) is 11.7. The lowest BCUT2D eigenvalue weighted by molar-refractivity contribution is 0.288. The molecule has 0 unspecified atom stereocenters. The van der Waals surface area contributed by atoms with Crippen LogP contribution in [0.25, 0.3) is 0 Å². The van der Waals surface area contributed by atoms with E-state index in [0.717, 1.165) is 48.4 Å². The minimum atomic E-state index is 0. The summed E-state index contributed by atoms with van der Waals surface area (Å²) in [4.78, 5) is 9.94. The van der Waals surface area contributed by atoms with Gasteiger partial charge in [0.25, 0.3) is 0 Å². The number of halogens is 1. The maximum atomic E-state index is 5.56. The van der Waals surface area contributed by atoms with Gasteiger partial charge in [0.1, 0.15) is 0 Å². The van der Waals surface area contributed by atoms with E-state index in [4.69, 9.17) is 9.47 Å². The normalized spacial score (nSPS) is 15.8. The summed E-state index contributed by atoms with van der Waals surface area (Å²) in [6.07, 6.45) is 8.00. The average Bonchev–Trinajstić information content (AvgIpc) is 3.19. The molecule has 30 heavy (non-hydrogen) atoms. The molecule has 2 aromatic rings. The zero-order chi connectivity index (χ0) is 20.7. The SMILES string of the molecule is CN=C(NCc1cnc(C)s1)NCC1(c2ccc(OC)c(OC)c2)CCCCC1.I. The molecule has 1 aromatic heterocycles. The molecule has 0 atom stereocenters. The van der Waals surface area contributed by atoms with Gasteiger partial charge in [0, 0.05) is 30.1 Å². The molecular weight excluding hydrogens is 511 g/mol. The van der Waals surface area contributed by atoms with Crippen molar-refractivity contribution in [2.24, 2.45) is 4.99 Å². The van der Waals surface area contributed by atoms with Gasteiger partial charge in [0.05, 0.1) is 25.8 Å². The largest absolute Gasteiger partial charge is 0.493 e. The van der Waals surface area contributed by atoms with E-state index in [1.165, 1.54) is 29.7 Å². The number of aryl methyl sites for hydroxylation is 1. The summed E-state index contributed by atoms with van der Waals surface area (Å²) in [6.45, 7) is 3.59. The van der Waals surface area contributed by atoms with Crippen molar-refractivity contribution in [3.05, 3.63) is 39.8 Å². The van der Waals surface area contributed by atoms with Crippen molar-refractivity contribution in [2.45, 2.75) is 51.0 Å². The highest BCUT2D eigenvalue weighted by Gasteiger charge is 2.34. The number of benzene rings is 1. The van der Waals surface area contributed by atoms with Gasteiger partial charge in [-0.05, 0) is 37.5 Å². The Morgan fingerprint density at radius 1 is 1.13 bits per heavy atom. The topological polar surface area (TPSA) is 67.8 Å². The molecule has 1 heterocycles. The van der Waals surface area contributed by atoms with Gasteiger partial charge in [-0.2, -0.15) is 0 Å². The summed E-state index contributed by atoms with van der Waals surface area (Å²) in [6, 6.07) is 6.34. The van der Waals surface area contributed by atoms with Crippen LogP contribution in [0.5, 0.6) is 11.5 Å². The second-order valence-corrected chi connectivity index (χ2v) is 8.85. The van der Waals surface area contributed by atoms with E-state index in [1.807, 2.05) is 26.2 Å². The number of nitrogens with one attached hydrogen (secondary N) is 2. The van der Waals surface area contributed by atoms with Crippen molar-refractivity contribution in [1.29, 1.82) is 0 Å². The number of nitrogens with zero attached hydrogens (tertiary/aromatic N) is 2. The first kappa shape index (κ1) is 24.7. The fourth-order valence-corrected chi connectivity index (χ4v) is 4.83. The van der Waals surface area contributed by atoms with Crippen LogP contribution >= 0.6 is 35.3 Å². The Kier molecular flexibility index (Phi) is 9.67. The van der Waals surface area contributed by atoms with Crippen LogP contribution in [-0.2, 0) is 12.0 Å². The van der Waals surface area contributed by atoms with E-state index in [1.54, 1.807) is 25.6 Å². The summed E-state index contributed by atoms with van der Waals surface area (Å²) in [7, 11) is 5.19. The molecule has 6 nitrogen and oxygen atoms in total. The van der Waals surface area contributed by atoms with Crippen molar-refractivity contribution in [2.75, 3.05) is 27.8 Å². The third-order valence-corrected chi connectivity index (χ3v) is 6.64. The maximum absolute atomic E-state index is 5.56. The summed E-state index contributed by atoms with van der Waals surface area (Å²) < 4.78 is 11.0. The number of guanidine groups is 1.